The lowest BCUT2D eigenvalue weighted by molar-refractivity contribution is 0.242. The van der Waals surface area contributed by atoms with Crippen LogP contribution in [0.15, 0.2) is 23.3 Å². The smallest absolute Gasteiger partial charge is 0.0127 e. The van der Waals surface area contributed by atoms with E-state index < -0.39 is 0 Å². The molecule has 0 heteroatoms. The van der Waals surface area contributed by atoms with Crippen LogP contribution in [0.3, 0.4) is 0 Å². The topological polar surface area (TPSA) is 0 Å². The molecule has 0 aromatic carbocycles. The summed E-state index contributed by atoms with van der Waals surface area (Å²) in [5, 5.41) is 0. The molecule has 0 nitrogen and oxygen atoms in total. The molecule has 0 amide bonds. The van der Waals surface area contributed by atoms with Gasteiger partial charge in [0.15, 0.2) is 0 Å². The molecule has 1 fully saturated rings. The van der Waals surface area contributed by atoms with Crippen molar-refractivity contribution in [2.45, 2.75) is 44.9 Å². The fourth-order valence-electron chi connectivity index (χ4n) is 3.55. The highest BCUT2D eigenvalue weighted by atomic mass is 14.4. The third-order valence-corrected chi connectivity index (χ3v) is 4.21. The summed E-state index contributed by atoms with van der Waals surface area (Å²) in [6, 6.07) is 0. The van der Waals surface area contributed by atoms with Gasteiger partial charge in [-0.05, 0) is 49.5 Å². The van der Waals surface area contributed by atoms with Crippen LogP contribution in [0.4, 0.5) is 0 Å². The standard InChI is InChI=1S/C13H18/c1-2-6-12-10(4-1)8-9-11-5-3-7-13(11)12/h3,5,10,12H,1-2,4,6-9H2. The van der Waals surface area contributed by atoms with E-state index in [0.29, 0.717) is 0 Å². The molecule has 1 saturated carbocycles. The minimum atomic E-state index is 0.993. The summed E-state index contributed by atoms with van der Waals surface area (Å²) in [5.74, 6) is 2.06. The molecule has 3 rings (SSSR count). The van der Waals surface area contributed by atoms with Crippen LogP contribution in [-0.2, 0) is 0 Å². The van der Waals surface area contributed by atoms with Crippen molar-refractivity contribution in [3.8, 4) is 0 Å². The molecule has 3 aliphatic carbocycles. The Kier molecular flexibility index (Phi) is 1.81. The second kappa shape index (κ2) is 3.01. The van der Waals surface area contributed by atoms with E-state index in [1.807, 2.05) is 5.57 Å². The molecule has 70 valence electrons. The summed E-state index contributed by atoms with van der Waals surface area (Å²) in [6.07, 6.45) is 14.9. The van der Waals surface area contributed by atoms with Crippen LogP contribution in [0.25, 0.3) is 0 Å². The lowest BCUT2D eigenvalue weighted by atomic mass is 9.68. The Morgan fingerprint density at radius 2 is 2.00 bits per heavy atom. The highest BCUT2D eigenvalue weighted by Gasteiger charge is 2.33. The molecule has 2 atom stereocenters. The van der Waals surface area contributed by atoms with Gasteiger partial charge in [0.1, 0.15) is 0 Å². The van der Waals surface area contributed by atoms with Crippen molar-refractivity contribution >= 4 is 0 Å². The first-order valence-electron chi connectivity index (χ1n) is 5.83. The molecule has 0 spiro atoms. The van der Waals surface area contributed by atoms with Crippen molar-refractivity contribution in [2.75, 3.05) is 0 Å². The van der Waals surface area contributed by atoms with E-state index >= 15 is 0 Å². The van der Waals surface area contributed by atoms with Crippen molar-refractivity contribution in [1.29, 1.82) is 0 Å². The predicted molar refractivity (Wildman–Crippen MR) is 55.5 cm³/mol. The molecule has 0 aliphatic heterocycles. The summed E-state index contributed by atoms with van der Waals surface area (Å²) in [4.78, 5) is 0. The van der Waals surface area contributed by atoms with Gasteiger partial charge in [0.25, 0.3) is 0 Å². The van der Waals surface area contributed by atoms with Gasteiger partial charge in [-0.3, -0.25) is 0 Å². The number of hydrogen-bond acceptors (Lipinski definition) is 0. The van der Waals surface area contributed by atoms with Gasteiger partial charge in [0.05, 0.1) is 0 Å². The highest BCUT2D eigenvalue weighted by molar-refractivity contribution is 5.37. The number of allylic oxidation sites excluding steroid dienone is 4. The van der Waals surface area contributed by atoms with E-state index in [4.69, 9.17) is 0 Å². The lowest BCUT2D eigenvalue weighted by Gasteiger charge is -2.37. The molecule has 0 aromatic rings. The molecule has 0 aromatic heterocycles. The van der Waals surface area contributed by atoms with Crippen LogP contribution in [0.1, 0.15) is 44.9 Å². The normalized spacial score (nSPS) is 37.5. The van der Waals surface area contributed by atoms with Gasteiger partial charge >= 0.3 is 0 Å². The minimum Gasteiger partial charge on any atom is -0.0802 e. The molecule has 0 heterocycles. The SMILES string of the molecule is C1=CC2=C(C1)C1CCCCC1CC2. The first kappa shape index (κ1) is 7.84. The van der Waals surface area contributed by atoms with Crippen LogP contribution in [0.5, 0.6) is 0 Å². The zero-order valence-electron chi connectivity index (χ0n) is 8.26. The zero-order valence-corrected chi connectivity index (χ0v) is 8.26. The predicted octanol–water partition coefficient (Wildman–Crippen LogP) is 3.84. The molecule has 0 N–H and O–H groups in total. The zero-order chi connectivity index (χ0) is 8.67. The van der Waals surface area contributed by atoms with Gasteiger partial charge in [-0.15, -0.1) is 0 Å². The monoisotopic (exact) mass is 174 g/mol. The maximum Gasteiger partial charge on any atom is -0.0127 e. The Labute approximate surface area is 80.7 Å². The molecular weight excluding hydrogens is 156 g/mol. The maximum atomic E-state index is 2.39. The Morgan fingerprint density at radius 3 is 3.00 bits per heavy atom. The number of hydrogen-bond donors (Lipinski definition) is 0. The van der Waals surface area contributed by atoms with E-state index in [2.05, 4.69) is 12.2 Å². The molecule has 13 heavy (non-hydrogen) atoms. The van der Waals surface area contributed by atoms with Crippen LogP contribution >= 0.6 is 0 Å². The first-order valence-corrected chi connectivity index (χ1v) is 5.83. The summed E-state index contributed by atoms with van der Waals surface area (Å²) in [6.45, 7) is 0. The Morgan fingerprint density at radius 1 is 1.08 bits per heavy atom. The van der Waals surface area contributed by atoms with Gasteiger partial charge < -0.3 is 0 Å². The van der Waals surface area contributed by atoms with E-state index in [1.54, 1.807) is 5.57 Å². The van der Waals surface area contributed by atoms with Crippen molar-refractivity contribution in [3.05, 3.63) is 23.3 Å². The maximum absolute atomic E-state index is 2.39. The molecule has 0 saturated heterocycles. The molecule has 2 unspecified atom stereocenters. The van der Waals surface area contributed by atoms with Crippen LogP contribution < -0.4 is 0 Å². The average Bonchev–Trinajstić information content (AvgIpc) is 2.65. The largest absolute Gasteiger partial charge is 0.0802 e. The second-order valence-electron chi connectivity index (χ2n) is 4.85. The third-order valence-electron chi connectivity index (χ3n) is 4.21. The molecule has 3 aliphatic rings. The molecule has 0 bridgehead atoms. The fourth-order valence-corrected chi connectivity index (χ4v) is 3.55. The fraction of sp³-hybridized carbons (Fsp3) is 0.692. The Bertz CT molecular complexity index is 270. The minimum absolute atomic E-state index is 0.993. The second-order valence-corrected chi connectivity index (χ2v) is 4.85. The average molecular weight is 174 g/mol. The first-order chi connectivity index (χ1) is 6.45. The van der Waals surface area contributed by atoms with Gasteiger partial charge in [-0.1, -0.05) is 30.6 Å². The van der Waals surface area contributed by atoms with Gasteiger partial charge in [-0.2, -0.15) is 0 Å². The third kappa shape index (κ3) is 1.19. The summed E-state index contributed by atoms with van der Waals surface area (Å²) >= 11 is 0. The highest BCUT2D eigenvalue weighted by Crippen LogP contribution is 2.46. The number of rotatable bonds is 0. The van der Waals surface area contributed by atoms with Gasteiger partial charge in [0, 0.05) is 0 Å². The van der Waals surface area contributed by atoms with Crippen molar-refractivity contribution in [2.24, 2.45) is 11.8 Å². The van der Waals surface area contributed by atoms with Gasteiger partial charge in [-0.25, -0.2) is 0 Å². The van der Waals surface area contributed by atoms with E-state index in [0.717, 1.165) is 11.8 Å². The summed E-state index contributed by atoms with van der Waals surface area (Å²) in [7, 11) is 0. The van der Waals surface area contributed by atoms with Crippen molar-refractivity contribution < 1.29 is 0 Å². The Hall–Kier alpha value is -0.520. The van der Waals surface area contributed by atoms with Crippen molar-refractivity contribution in [3.63, 3.8) is 0 Å². The van der Waals surface area contributed by atoms with Crippen LogP contribution in [-0.4, -0.2) is 0 Å². The molecule has 0 radical (unpaired) electrons. The van der Waals surface area contributed by atoms with Crippen LogP contribution in [0, 0.1) is 11.8 Å². The van der Waals surface area contributed by atoms with Gasteiger partial charge in [0.2, 0.25) is 0 Å². The summed E-state index contributed by atoms with van der Waals surface area (Å²) in [5.41, 5.74) is 3.54. The lowest BCUT2D eigenvalue weighted by Crippen LogP contribution is -2.24. The summed E-state index contributed by atoms with van der Waals surface area (Å²) < 4.78 is 0. The van der Waals surface area contributed by atoms with Crippen molar-refractivity contribution in [1.82, 2.24) is 0 Å². The van der Waals surface area contributed by atoms with E-state index in [-0.39, 0.29) is 0 Å². The quantitative estimate of drug-likeness (QED) is 0.523. The van der Waals surface area contributed by atoms with E-state index in [9.17, 15) is 0 Å². The molecular formula is C13H18. The van der Waals surface area contributed by atoms with E-state index in [1.165, 1.54) is 44.9 Å². The number of fused-ring (bicyclic) bond motifs is 2. The Balaban J connectivity index is 1.90. The van der Waals surface area contributed by atoms with Crippen LogP contribution in [0.2, 0.25) is 0 Å².